The second kappa shape index (κ2) is 6.56. The van der Waals surface area contributed by atoms with Crippen LogP contribution in [0.2, 0.25) is 0 Å². The van der Waals surface area contributed by atoms with Crippen LogP contribution in [0.4, 0.5) is 0 Å². The SMILES string of the molecule is CCCCC(CC)CC(O)c1ncn[nH]1. The van der Waals surface area contributed by atoms with E-state index in [1.54, 1.807) is 0 Å². The van der Waals surface area contributed by atoms with Crippen LogP contribution in [-0.2, 0) is 0 Å². The number of nitrogens with one attached hydrogen (secondary N) is 1. The molecule has 0 saturated carbocycles. The van der Waals surface area contributed by atoms with Crippen LogP contribution in [0.3, 0.4) is 0 Å². The van der Waals surface area contributed by atoms with E-state index in [0.717, 1.165) is 12.8 Å². The molecule has 0 aliphatic rings. The Labute approximate surface area is 91.1 Å². The van der Waals surface area contributed by atoms with Crippen molar-refractivity contribution in [3.63, 3.8) is 0 Å². The molecule has 2 N–H and O–H groups in total. The van der Waals surface area contributed by atoms with E-state index in [9.17, 15) is 5.11 Å². The predicted octanol–water partition coefficient (Wildman–Crippen LogP) is 2.44. The van der Waals surface area contributed by atoms with Gasteiger partial charge in [0.1, 0.15) is 12.4 Å². The van der Waals surface area contributed by atoms with Crippen molar-refractivity contribution in [2.75, 3.05) is 0 Å². The number of unbranched alkanes of at least 4 members (excludes halogenated alkanes) is 1. The highest BCUT2D eigenvalue weighted by Crippen LogP contribution is 2.24. The summed E-state index contributed by atoms with van der Waals surface area (Å²) in [5.74, 6) is 1.18. The molecule has 0 bridgehead atoms. The Hall–Kier alpha value is -0.900. The summed E-state index contributed by atoms with van der Waals surface area (Å²) in [5.41, 5.74) is 0. The first-order valence-electron chi connectivity index (χ1n) is 5.81. The monoisotopic (exact) mass is 211 g/mol. The molecule has 0 amide bonds. The third-order valence-corrected chi connectivity index (χ3v) is 2.85. The molecule has 4 nitrogen and oxygen atoms in total. The standard InChI is InChI=1S/C11H21N3O/c1-3-5-6-9(4-2)7-10(15)11-12-8-13-14-11/h8-10,15H,3-7H2,1-2H3,(H,12,13,14). The minimum Gasteiger partial charge on any atom is -0.385 e. The van der Waals surface area contributed by atoms with Crippen molar-refractivity contribution in [2.24, 2.45) is 5.92 Å². The number of H-pyrrole nitrogens is 1. The van der Waals surface area contributed by atoms with Gasteiger partial charge in [-0.15, -0.1) is 0 Å². The Morgan fingerprint density at radius 3 is 2.80 bits per heavy atom. The van der Waals surface area contributed by atoms with Crippen molar-refractivity contribution < 1.29 is 5.11 Å². The molecule has 2 atom stereocenters. The van der Waals surface area contributed by atoms with Crippen LogP contribution in [0.5, 0.6) is 0 Å². The third-order valence-electron chi connectivity index (χ3n) is 2.85. The smallest absolute Gasteiger partial charge is 0.153 e. The maximum absolute atomic E-state index is 9.88. The van der Waals surface area contributed by atoms with Crippen LogP contribution in [0.25, 0.3) is 0 Å². The molecule has 4 heteroatoms. The quantitative estimate of drug-likeness (QED) is 0.728. The number of aromatic nitrogens is 3. The van der Waals surface area contributed by atoms with E-state index >= 15 is 0 Å². The maximum Gasteiger partial charge on any atom is 0.153 e. The summed E-state index contributed by atoms with van der Waals surface area (Å²) in [6, 6.07) is 0. The number of aliphatic hydroxyl groups excluding tert-OH is 1. The van der Waals surface area contributed by atoms with E-state index in [1.807, 2.05) is 0 Å². The maximum atomic E-state index is 9.88. The Bertz CT molecular complexity index is 248. The molecule has 2 unspecified atom stereocenters. The van der Waals surface area contributed by atoms with E-state index in [4.69, 9.17) is 0 Å². The largest absolute Gasteiger partial charge is 0.385 e. The highest BCUT2D eigenvalue weighted by molar-refractivity contribution is 4.87. The Balaban J connectivity index is 2.37. The second-order valence-electron chi connectivity index (χ2n) is 4.04. The molecule has 0 aliphatic heterocycles. The first-order chi connectivity index (χ1) is 7.27. The lowest BCUT2D eigenvalue weighted by atomic mass is 9.93. The average Bonchev–Trinajstić information content (AvgIpc) is 2.77. The molecule has 86 valence electrons. The van der Waals surface area contributed by atoms with Crippen LogP contribution in [0.15, 0.2) is 6.33 Å². The number of hydrogen-bond donors (Lipinski definition) is 2. The zero-order valence-corrected chi connectivity index (χ0v) is 9.61. The molecule has 1 aromatic heterocycles. The minimum absolute atomic E-state index is 0.491. The number of aromatic amines is 1. The molecular formula is C11H21N3O. The van der Waals surface area contributed by atoms with Gasteiger partial charge in [-0.05, 0) is 12.3 Å². The molecule has 0 aliphatic carbocycles. The Morgan fingerprint density at radius 1 is 1.47 bits per heavy atom. The molecule has 0 fully saturated rings. The summed E-state index contributed by atoms with van der Waals surface area (Å²) < 4.78 is 0. The van der Waals surface area contributed by atoms with Crippen molar-refractivity contribution in [1.29, 1.82) is 0 Å². The summed E-state index contributed by atoms with van der Waals surface area (Å²) in [6.07, 6.45) is 6.49. The molecular weight excluding hydrogens is 190 g/mol. The molecule has 0 saturated heterocycles. The molecule has 0 spiro atoms. The van der Waals surface area contributed by atoms with Crippen molar-refractivity contribution in [3.05, 3.63) is 12.2 Å². The van der Waals surface area contributed by atoms with Crippen molar-refractivity contribution in [1.82, 2.24) is 15.2 Å². The molecule has 0 radical (unpaired) electrons. The molecule has 1 rings (SSSR count). The molecule has 15 heavy (non-hydrogen) atoms. The fourth-order valence-corrected chi connectivity index (χ4v) is 1.78. The van der Waals surface area contributed by atoms with E-state index in [2.05, 4.69) is 29.0 Å². The van der Waals surface area contributed by atoms with Gasteiger partial charge in [0.2, 0.25) is 0 Å². The average molecular weight is 211 g/mol. The summed E-state index contributed by atoms with van der Waals surface area (Å²) >= 11 is 0. The highest BCUT2D eigenvalue weighted by Gasteiger charge is 2.16. The second-order valence-corrected chi connectivity index (χ2v) is 4.04. The van der Waals surface area contributed by atoms with Gasteiger partial charge in [0.05, 0.1) is 0 Å². The van der Waals surface area contributed by atoms with Gasteiger partial charge in [0.15, 0.2) is 5.82 Å². The Morgan fingerprint density at radius 2 is 2.27 bits per heavy atom. The molecule has 0 aromatic carbocycles. The predicted molar refractivity (Wildman–Crippen MR) is 59.3 cm³/mol. The summed E-state index contributed by atoms with van der Waals surface area (Å²) in [4.78, 5) is 3.97. The molecule has 1 aromatic rings. The fourth-order valence-electron chi connectivity index (χ4n) is 1.78. The van der Waals surface area contributed by atoms with Crippen LogP contribution in [-0.4, -0.2) is 20.3 Å². The number of aliphatic hydroxyl groups is 1. The van der Waals surface area contributed by atoms with Crippen LogP contribution in [0, 0.1) is 5.92 Å². The number of rotatable bonds is 7. The number of hydrogen-bond acceptors (Lipinski definition) is 3. The van der Waals surface area contributed by atoms with E-state index in [-0.39, 0.29) is 0 Å². The van der Waals surface area contributed by atoms with Crippen molar-refractivity contribution >= 4 is 0 Å². The minimum atomic E-state index is -0.491. The lowest BCUT2D eigenvalue weighted by Gasteiger charge is -2.16. The van der Waals surface area contributed by atoms with Crippen LogP contribution in [0.1, 0.15) is 57.9 Å². The third kappa shape index (κ3) is 4.00. The van der Waals surface area contributed by atoms with Gasteiger partial charge in [-0.3, -0.25) is 5.10 Å². The van der Waals surface area contributed by atoms with Crippen LogP contribution < -0.4 is 0 Å². The lowest BCUT2D eigenvalue weighted by Crippen LogP contribution is -2.08. The number of nitrogens with zero attached hydrogens (tertiary/aromatic N) is 2. The van der Waals surface area contributed by atoms with Gasteiger partial charge in [-0.1, -0.05) is 39.5 Å². The summed E-state index contributed by atoms with van der Waals surface area (Å²) in [6.45, 7) is 4.37. The van der Waals surface area contributed by atoms with Gasteiger partial charge < -0.3 is 5.11 Å². The van der Waals surface area contributed by atoms with E-state index < -0.39 is 6.10 Å². The first-order valence-corrected chi connectivity index (χ1v) is 5.81. The normalized spacial score (nSPS) is 15.1. The van der Waals surface area contributed by atoms with E-state index in [1.165, 1.54) is 25.6 Å². The zero-order valence-electron chi connectivity index (χ0n) is 9.61. The first kappa shape index (κ1) is 12.2. The van der Waals surface area contributed by atoms with Gasteiger partial charge >= 0.3 is 0 Å². The summed E-state index contributed by atoms with van der Waals surface area (Å²) in [5, 5.41) is 16.3. The highest BCUT2D eigenvalue weighted by atomic mass is 16.3. The van der Waals surface area contributed by atoms with Crippen molar-refractivity contribution in [3.8, 4) is 0 Å². The van der Waals surface area contributed by atoms with E-state index in [0.29, 0.717) is 11.7 Å². The van der Waals surface area contributed by atoms with Gasteiger partial charge in [-0.2, -0.15) is 5.10 Å². The topological polar surface area (TPSA) is 61.8 Å². The van der Waals surface area contributed by atoms with Gasteiger partial charge in [0.25, 0.3) is 0 Å². The lowest BCUT2D eigenvalue weighted by molar-refractivity contribution is 0.130. The van der Waals surface area contributed by atoms with Crippen molar-refractivity contribution in [2.45, 2.75) is 52.1 Å². The Kier molecular flexibility index (Phi) is 5.32. The zero-order chi connectivity index (χ0) is 11.1. The molecule has 1 heterocycles. The van der Waals surface area contributed by atoms with Crippen LogP contribution >= 0.6 is 0 Å². The van der Waals surface area contributed by atoms with Gasteiger partial charge in [0, 0.05) is 0 Å². The summed E-state index contributed by atoms with van der Waals surface area (Å²) in [7, 11) is 0. The fraction of sp³-hybridized carbons (Fsp3) is 0.818. The van der Waals surface area contributed by atoms with Gasteiger partial charge in [-0.25, -0.2) is 4.98 Å².